The van der Waals surface area contributed by atoms with Crippen LogP contribution in [-0.2, 0) is 4.74 Å². The van der Waals surface area contributed by atoms with Crippen molar-refractivity contribution in [2.45, 2.75) is 25.7 Å². The van der Waals surface area contributed by atoms with Crippen LogP contribution in [0.4, 0.5) is 5.13 Å². The highest BCUT2D eigenvalue weighted by molar-refractivity contribution is 7.17. The number of nitrogens with zero attached hydrogens (tertiary/aromatic N) is 4. The van der Waals surface area contributed by atoms with Gasteiger partial charge in [0, 0.05) is 39.5 Å². The normalized spacial score (nSPS) is 14.8. The molecule has 0 aliphatic carbocycles. The molecule has 7 nitrogen and oxygen atoms in total. The quantitative estimate of drug-likeness (QED) is 0.775. The number of carbonyl (C=O) groups is 1. The van der Waals surface area contributed by atoms with Gasteiger partial charge in [0.05, 0.1) is 0 Å². The maximum atomic E-state index is 12.3. The topological polar surface area (TPSA) is 72.3 Å². The Morgan fingerprint density at radius 1 is 1.29 bits per heavy atom. The molecule has 2 aromatic heterocycles. The van der Waals surface area contributed by atoms with E-state index in [9.17, 15) is 4.79 Å². The van der Waals surface area contributed by atoms with E-state index in [0.29, 0.717) is 18.8 Å². The fraction of sp³-hybridized carbons (Fsp3) is 0.562. The van der Waals surface area contributed by atoms with Gasteiger partial charge in [-0.25, -0.2) is 0 Å². The van der Waals surface area contributed by atoms with Crippen LogP contribution < -0.4 is 10.2 Å². The third kappa shape index (κ3) is 3.93. The SMILES string of the molecule is COCCCNC(=O)c1cccn1-c1nnc(N2CCCCC2)s1. The Kier molecular flexibility index (Phi) is 5.81. The molecule has 0 spiro atoms. The number of anilines is 1. The van der Waals surface area contributed by atoms with Gasteiger partial charge in [-0.15, -0.1) is 10.2 Å². The minimum atomic E-state index is -0.106. The summed E-state index contributed by atoms with van der Waals surface area (Å²) >= 11 is 1.53. The number of hydrogen-bond acceptors (Lipinski definition) is 6. The molecule has 1 N–H and O–H groups in total. The number of aromatic nitrogens is 3. The number of hydrogen-bond donors (Lipinski definition) is 1. The molecule has 0 unspecified atom stereocenters. The van der Waals surface area contributed by atoms with Crippen LogP contribution >= 0.6 is 11.3 Å². The van der Waals surface area contributed by atoms with E-state index in [0.717, 1.165) is 29.8 Å². The Hall–Kier alpha value is -1.93. The maximum absolute atomic E-state index is 12.3. The number of rotatable bonds is 7. The van der Waals surface area contributed by atoms with Crippen molar-refractivity contribution in [2.75, 3.05) is 38.3 Å². The molecule has 1 aliphatic rings. The van der Waals surface area contributed by atoms with Crippen molar-refractivity contribution in [3.63, 3.8) is 0 Å². The van der Waals surface area contributed by atoms with Gasteiger partial charge < -0.3 is 15.0 Å². The van der Waals surface area contributed by atoms with Crippen LogP contribution in [0.15, 0.2) is 18.3 Å². The van der Waals surface area contributed by atoms with Crippen LogP contribution in [0.25, 0.3) is 5.13 Å². The molecule has 0 saturated carbocycles. The first-order valence-electron chi connectivity index (χ1n) is 8.33. The zero-order chi connectivity index (χ0) is 16.8. The number of nitrogens with one attached hydrogen (secondary N) is 1. The van der Waals surface area contributed by atoms with Gasteiger partial charge >= 0.3 is 0 Å². The molecule has 0 aromatic carbocycles. The number of ether oxygens (including phenoxy) is 1. The average Bonchev–Trinajstić information content (AvgIpc) is 3.28. The van der Waals surface area contributed by atoms with E-state index in [4.69, 9.17) is 4.74 Å². The molecule has 130 valence electrons. The molecule has 1 amide bonds. The van der Waals surface area contributed by atoms with Gasteiger partial charge in [0.25, 0.3) is 5.91 Å². The first-order chi connectivity index (χ1) is 11.8. The molecule has 3 rings (SSSR count). The smallest absolute Gasteiger partial charge is 0.268 e. The van der Waals surface area contributed by atoms with E-state index in [-0.39, 0.29) is 5.91 Å². The lowest BCUT2D eigenvalue weighted by Gasteiger charge is -2.25. The monoisotopic (exact) mass is 349 g/mol. The highest BCUT2D eigenvalue weighted by Gasteiger charge is 2.18. The molecule has 1 saturated heterocycles. The molecular formula is C16H23N5O2S. The van der Waals surface area contributed by atoms with Crippen molar-refractivity contribution >= 4 is 22.4 Å². The van der Waals surface area contributed by atoms with Crippen LogP contribution in [0.1, 0.15) is 36.2 Å². The molecule has 8 heteroatoms. The van der Waals surface area contributed by atoms with Gasteiger partial charge in [0.1, 0.15) is 5.69 Å². The lowest BCUT2D eigenvalue weighted by atomic mass is 10.1. The Bertz CT molecular complexity index is 663. The lowest BCUT2D eigenvalue weighted by Crippen LogP contribution is -2.29. The van der Waals surface area contributed by atoms with Crippen LogP contribution in [0.5, 0.6) is 0 Å². The molecular weight excluding hydrogens is 326 g/mol. The summed E-state index contributed by atoms with van der Waals surface area (Å²) in [6.07, 6.45) is 6.33. The molecule has 1 aliphatic heterocycles. The first kappa shape index (κ1) is 16.9. The van der Waals surface area contributed by atoms with Crippen molar-refractivity contribution in [1.29, 1.82) is 0 Å². The second kappa shape index (κ2) is 8.25. The van der Waals surface area contributed by atoms with E-state index in [1.54, 1.807) is 17.7 Å². The van der Waals surface area contributed by atoms with Gasteiger partial charge in [0.2, 0.25) is 10.3 Å². The molecule has 0 radical (unpaired) electrons. The van der Waals surface area contributed by atoms with E-state index >= 15 is 0 Å². The molecule has 1 fully saturated rings. The standard InChI is InChI=1S/C16H23N5O2S/c1-23-12-6-8-17-14(22)13-7-5-11-21(13)16-19-18-15(24-16)20-9-3-2-4-10-20/h5,7,11H,2-4,6,8-10,12H2,1H3,(H,17,22). The lowest BCUT2D eigenvalue weighted by molar-refractivity contribution is 0.0942. The molecule has 2 aromatic rings. The summed E-state index contributed by atoms with van der Waals surface area (Å²) in [5.41, 5.74) is 0.578. The fourth-order valence-electron chi connectivity index (χ4n) is 2.76. The Labute approximate surface area is 145 Å². The number of piperidine rings is 1. The largest absolute Gasteiger partial charge is 0.385 e. The van der Waals surface area contributed by atoms with Gasteiger partial charge in [0.15, 0.2) is 0 Å². The predicted molar refractivity (Wildman–Crippen MR) is 94.1 cm³/mol. The molecule has 3 heterocycles. The van der Waals surface area contributed by atoms with Gasteiger partial charge in [-0.2, -0.15) is 0 Å². The number of methoxy groups -OCH3 is 1. The summed E-state index contributed by atoms with van der Waals surface area (Å²) in [5.74, 6) is -0.106. The van der Waals surface area contributed by atoms with Gasteiger partial charge in [-0.1, -0.05) is 11.3 Å². The summed E-state index contributed by atoms with van der Waals surface area (Å²) < 4.78 is 6.79. The summed E-state index contributed by atoms with van der Waals surface area (Å²) in [7, 11) is 1.66. The van der Waals surface area contributed by atoms with Crippen LogP contribution in [-0.4, -0.2) is 54.0 Å². The summed E-state index contributed by atoms with van der Waals surface area (Å²) in [4.78, 5) is 14.6. The van der Waals surface area contributed by atoms with Crippen molar-refractivity contribution in [3.05, 3.63) is 24.0 Å². The second-order valence-corrected chi connectivity index (χ2v) is 6.72. The van der Waals surface area contributed by atoms with Crippen molar-refractivity contribution in [3.8, 4) is 5.13 Å². The molecule has 0 atom stereocenters. The van der Waals surface area contributed by atoms with Crippen molar-refractivity contribution < 1.29 is 9.53 Å². The minimum absolute atomic E-state index is 0.106. The van der Waals surface area contributed by atoms with Crippen molar-refractivity contribution in [1.82, 2.24) is 20.1 Å². The van der Waals surface area contributed by atoms with E-state index in [1.165, 1.54) is 30.6 Å². The zero-order valence-corrected chi connectivity index (χ0v) is 14.7. The zero-order valence-electron chi connectivity index (χ0n) is 13.9. The van der Waals surface area contributed by atoms with E-state index in [2.05, 4.69) is 20.4 Å². The van der Waals surface area contributed by atoms with Crippen molar-refractivity contribution in [2.24, 2.45) is 0 Å². The first-order valence-corrected chi connectivity index (χ1v) is 9.14. The Morgan fingerprint density at radius 3 is 2.88 bits per heavy atom. The van der Waals surface area contributed by atoms with E-state index in [1.807, 2.05) is 12.3 Å². The Morgan fingerprint density at radius 2 is 2.08 bits per heavy atom. The van der Waals surface area contributed by atoms with Gasteiger partial charge in [-0.3, -0.25) is 9.36 Å². The van der Waals surface area contributed by atoms with Crippen LogP contribution in [0.3, 0.4) is 0 Å². The maximum Gasteiger partial charge on any atom is 0.268 e. The summed E-state index contributed by atoms with van der Waals surface area (Å²) in [6.45, 7) is 3.30. The van der Waals surface area contributed by atoms with E-state index < -0.39 is 0 Å². The molecule has 0 bridgehead atoms. The summed E-state index contributed by atoms with van der Waals surface area (Å²) in [6, 6.07) is 3.65. The average molecular weight is 349 g/mol. The van der Waals surface area contributed by atoms with Gasteiger partial charge in [-0.05, 0) is 37.8 Å². The minimum Gasteiger partial charge on any atom is -0.385 e. The highest BCUT2D eigenvalue weighted by Crippen LogP contribution is 2.26. The number of carbonyl (C=O) groups excluding carboxylic acids is 1. The summed E-state index contributed by atoms with van der Waals surface area (Å²) in [5, 5.41) is 13.2. The van der Waals surface area contributed by atoms with Crippen LogP contribution in [0, 0.1) is 0 Å². The number of amides is 1. The highest BCUT2D eigenvalue weighted by atomic mass is 32.1. The third-order valence-electron chi connectivity index (χ3n) is 4.03. The second-order valence-electron chi connectivity index (χ2n) is 5.78. The third-order valence-corrected chi connectivity index (χ3v) is 5.01. The van der Waals surface area contributed by atoms with Crippen LogP contribution in [0.2, 0.25) is 0 Å². The predicted octanol–water partition coefficient (Wildman–Crippen LogP) is 2.09. The Balaban J connectivity index is 1.68. The fourth-order valence-corrected chi connectivity index (χ4v) is 3.66. The molecule has 24 heavy (non-hydrogen) atoms.